The fourth-order valence-electron chi connectivity index (χ4n) is 2.49. The van der Waals surface area contributed by atoms with E-state index in [1.807, 2.05) is 19.9 Å². The van der Waals surface area contributed by atoms with Crippen LogP contribution in [0, 0.1) is 16.0 Å². The Kier molecular flexibility index (Phi) is 4.77. The van der Waals surface area contributed by atoms with Gasteiger partial charge in [0.25, 0.3) is 5.69 Å². The number of non-ortho nitro benzene ring substituents is 1. The normalized spacial score (nSPS) is 16.0. The quantitative estimate of drug-likeness (QED) is 0.474. The first-order valence-corrected chi connectivity index (χ1v) is 7.16. The van der Waals surface area contributed by atoms with Crippen LogP contribution in [0.4, 0.5) is 11.4 Å². The van der Waals surface area contributed by atoms with E-state index in [1.54, 1.807) is 6.07 Å². The summed E-state index contributed by atoms with van der Waals surface area (Å²) in [6, 6.07) is 4.84. The molecule has 0 spiro atoms. The molecule has 21 heavy (non-hydrogen) atoms. The Hall–Kier alpha value is -2.11. The lowest BCUT2D eigenvalue weighted by atomic mass is 9.98. The van der Waals surface area contributed by atoms with E-state index < -0.39 is 4.92 Å². The summed E-state index contributed by atoms with van der Waals surface area (Å²) in [6.45, 7) is 5.22. The molecule has 0 saturated carbocycles. The molecule has 0 amide bonds. The zero-order valence-electron chi connectivity index (χ0n) is 12.3. The van der Waals surface area contributed by atoms with Crippen LogP contribution in [0.25, 0.3) is 0 Å². The Morgan fingerprint density at radius 2 is 2.00 bits per heavy atom. The number of nitro benzene ring substituents is 1. The first-order chi connectivity index (χ1) is 9.99. The Labute approximate surface area is 123 Å². The molecule has 1 aromatic rings. The average molecular weight is 292 g/mol. The molecule has 1 heterocycles. The van der Waals surface area contributed by atoms with Crippen molar-refractivity contribution in [1.29, 1.82) is 0 Å². The second-order valence-electron chi connectivity index (χ2n) is 5.57. The van der Waals surface area contributed by atoms with Crippen molar-refractivity contribution in [2.75, 3.05) is 18.0 Å². The Morgan fingerprint density at radius 3 is 2.52 bits per heavy atom. The molecule has 1 aliphatic rings. The van der Waals surface area contributed by atoms with E-state index in [4.69, 9.17) is 4.74 Å². The highest BCUT2D eigenvalue weighted by atomic mass is 16.6. The fourth-order valence-corrected chi connectivity index (χ4v) is 2.49. The van der Waals surface area contributed by atoms with Crippen LogP contribution in [0.1, 0.15) is 26.7 Å². The van der Waals surface area contributed by atoms with Gasteiger partial charge >= 0.3 is 0 Å². The summed E-state index contributed by atoms with van der Waals surface area (Å²) in [7, 11) is 0. The summed E-state index contributed by atoms with van der Waals surface area (Å²) in [5, 5.41) is 11.1. The van der Waals surface area contributed by atoms with E-state index in [0.29, 0.717) is 5.75 Å². The molecule has 1 fully saturated rings. The lowest BCUT2D eigenvalue weighted by Crippen LogP contribution is -2.34. The van der Waals surface area contributed by atoms with Gasteiger partial charge in [-0.2, -0.15) is 0 Å². The van der Waals surface area contributed by atoms with E-state index >= 15 is 0 Å². The number of nitrogens with zero attached hydrogens (tertiary/aromatic N) is 2. The number of carbonyl (C=O) groups excluding carboxylic acids is 1. The van der Waals surface area contributed by atoms with Gasteiger partial charge in [0, 0.05) is 36.8 Å². The highest BCUT2D eigenvalue weighted by Crippen LogP contribution is 2.31. The summed E-state index contributed by atoms with van der Waals surface area (Å²) in [5.74, 6) is 0.609. The van der Waals surface area contributed by atoms with Gasteiger partial charge in [-0.1, -0.05) is 0 Å². The van der Waals surface area contributed by atoms with E-state index in [9.17, 15) is 14.9 Å². The van der Waals surface area contributed by atoms with Crippen LogP contribution in [-0.2, 0) is 4.79 Å². The van der Waals surface area contributed by atoms with Crippen molar-refractivity contribution in [3.63, 3.8) is 0 Å². The molecular weight excluding hydrogens is 272 g/mol. The number of nitro groups is 1. The molecular formula is C15H20N2O4. The van der Waals surface area contributed by atoms with Gasteiger partial charge in [-0.15, -0.1) is 0 Å². The SMILES string of the molecule is CC(C)Oc1cc(N2CCC(C=O)CC2)cc([N+](=O)[O-])c1. The number of anilines is 1. The van der Waals surface area contributed by atoms with Gasteiger partial charge in [-0.25, -0.2) is 0 Å². The molecule has 6 heteroatoms. The molecule has 1 saturated heterocycles. The standard InChI is InChI=1S/C15H20N2O4/c1-11(2)21-15-8-13(7-14(9-15)17(19)20)16-5-3-12(10-18)4-6-16/h7-12H,3-6H2,1-2H3. The second-order valence-corrected chi connectivity index (χ2v) is 5.57. The highest BCUT2D eigenvalue weighted by molar-refractivity contribution is 5.60. The maximum absolute atomic E-state index is 11.1. The molecule has 114 valence electrons. The molecule has 1 aromatic carbocycles. The lowest BCUT2D eigenvalue weighted by Gasteiger charge is -2.31. The van der Waals surface area contributed by atoms with Crippen LogP contribution >= 0.6 is 0 Å². The summed E-state index contributed by atoms with van der Waals surface area (Å²) < 4.78 is 5.59. The maximum Gasteiger partial charge on any atom is 0.275 e. The number of ether oxygens (including phenoxy) is 1. The topological polar surface area (TPSA) is 72.7 Å². The van der Waals surface area contributed by atoms with E-state index in [1.165, 1.54) is 6.07 Å². The third-order valence-electron chi connectivity index (χ3n) is 3.56. The van der Waals surface area contributed by atoms with Crippen molar-refractivity contribution in [2.45, 2.75) is 32.8 Å². The number of hydrogen-bond acceptors (Lipinski definition) is 5. The van der Waals surface area contributed by atoms with Crippen LogP contribution in [0.15, 0.2) is 18.2 Å². The van der Waals surface area contributed by atoms with Crippen LogP contribution in [0.2, 0.25) is 0 Å². The van der Waals surface area contributed by atoms with Crippen LogP contribution in [0.5, 0.6) is 5.75 Å². The Balaban J connectivity index is 2.23. The van der Waals surface area contributed by atoms with Crippen molar-refractivity contribution in [3.05, 3.63) is 28.3 Å². The number of aldehydes is 1. The third-order valence-corrected chi connectivity index (χ3v) is 3.56. The molecule has 0 N–H and O–H groups in total. The minimum Gasteiger partial charge on any atom is -0.491 e. The molecule has 0 bridgehead atoms. The van der Waals surface area contributed by atoms with Crippen LogP contribution < -0.4 is 9.64 Å². The van der Waals surface area contributed by atoms with Crippen molar-refractivity contribution in [2.24, 2.45) is 5.92 Å². The summed E-state index contributed by atoms with van der Waals surface area (Å²) in [5.41, 5.74) is 0.810. The molecule has 2 rings (SSSR count). The maximum atomic E-state index is 11.1. The molecule has 1 aliphatic heterocycles. The van der Waals surface area contributed by atoms with Gasteiger partial charge in [-0.3, -0.25) is 10.1 Å². The monoisotopic (exact) mass is 292 g/mol. The zero-order chi connectivity index (χ0) is 15.4. The van der Waals surface area contributed by atoms with Crippen LogP contribution in [0.3, 0.4) is 0 Å². The molecule has 0 aliphatic carbocycles. The van der Waals surface area contributed by atoms with Crippen LogP contribution in [-0.4, -0.2) is 30.4 Å². The number of rotatable bonds is 5. The number of benzene rings is 1. The summed E-state index contributed by atoms with van der Waals surface area (Å²) in [6.07, 6.45) is 2.53. The lowest BCUT2D eigenvalue weighted by molar-refractivity contribution is -0.384. The second kappa shape index (κ2) is 6.56. The Morgan fingerprint density at radius 1 is 1.33 bits per heavy atom. The first-order valence-electron chi connectivity index (χ1n) is 7.16. The molecule has 0 unspecified atom stereocenters. The highest BCUT2D eigenvalue weighted by Gasteiger charge is 2.21. The van der Waals surface area contributed by atoms with E-state index in [2.05, 4.69) is 4.90 Å². The largest absolute Gasteiger partial charge is 0.491 e. The van der Waals surface area contributed by atoms with E-state index in [0.717, 1.165) is 37.9 Å². The average Bonchev–Trinajstić information content (AvgIpc) is 2.46. The number of hydrogen-bond donors (Lipinski definition) is 0. The molecule has 0 atom stereocenters. The predicted molar refractivity (Wildman–Crippen MR) is 79.9 cm³/mol. The van der Waals surface area contributed by atoms with Crippen molar-refractivity contribution in [1.82, 2.24) is 0 Å². The zero-order valence-corrected chi connectivity index (χ0v) is 12.3. The van der Waals surface area contributed by atoms with Crippen molar-refractivity contribution in [3.8, 4) is 5.75 Å². The predicted octanol–water partition coefficient (Wildman–Crippen LogP) is 2.80. The smallest absolute Gasteiger partial charge is 0.275 e. The summed E-state index contributed by atoms with van der Waals surface area (Å²) >= 11 is 0. The van der Waals surface area contributed by atoms with Gasteiger partial charge < -0.3 is 14.4 Å². The first kappa shape index (κ1) is 15.3. The van der Waals surface area contributed by atoms with Gasteiger partial charge in [0.1, 0.15) is 12.0 Å². The van der Waals surface area contributed by atoms with Crippen molar-refractivity contribution < 1.29 is 14.5 Å². The van der Waals surface area contributed by atoms with Gasteiger partial charge in [0.2, 0.25) is 0 Å². The molecule has 0 aromatic heterocycles. The van der Waals surface area contributed by atoms with Gasteiger partial charge in [0.05, 0.1) is 17.1 Å². The molecule has 6 nitrogen and oxygen atoms in total. The van der Waals surface area contributed by atoms with Gasteiger partial charge in [0.15, 0.2) is 0 Å². The Bertz CT molecular complexity index is 522. The number of piperidine rings is 1. The van der Waals surface area contributed by atoms with Gasteiger partial charge in [-0.05, 0) is 26.7 Å². The molecule has 0 radical (unpaired) electrons. The third kappa shape index (κ3) is 3.93. The summed E-state index contributed by atoms with van der Waals surface area (Å²) in [4.78, 5) is 23.5. The van der Waals surface area contributed by atoms with Crippen molar-refractivity contribution >= 4 is 17.7 Å². The minimum absolute atomic E-state index is 0.0284. The van der Waals surface area contributed by atoms with E-state index in [-0.39, 0.29) is 17.7 Å². The minimum atomic E-state index is -0.408. The fraction of sp³-hybridized carbons (Fsp3) is 0.533. The number of carbonyl (C=O) groups is 1.